The summed E-state index contributed by atoms with van der Waals surface area (Å²) in [5, 5.41) is 6.69. The predicted octanol–water partition coefficient (Wildman–Crippen LogP) is 2.14. The summed E-state index contributed by atoms with van der Waals surface area (Å²) in [7, 11) is 2.04. The van der Waals surface area contributed by atoms with Crippen LogP contribution in [0.25, 0.3) is 0 Å². The Morgan fingerprint density at radius 1 is 1.62 bits per heavy atom. The van der Waals surface area contributed by atoms with E-state index in [-0.39, 0.29) is 0 Å². The SMILES string of the molecule is CCc1csc(N2CCCC(CNC)C2)n1. The van der Waals surface area contributed by atoms with Crippen LogP contribution in [-0.2, 0) is 6.42 Å². The topological polar surface area (TPSA) is 28.2 Å². The number of aromatic nitrogens is 1. The van der Waals surface area contributed by atoms with Gasteiger partial charge in [0.1, 0.15) is 0 Å². The number of piperidine rings is 1. The highest BCUT2D eigenvalue weighted by molar-refractivity contribution is 7.13. The molecule has 0 saturated carbocycles. The third-order valence-corrected chi connectivity index (χ3v) is 4.13. The third-order valence-electron chi connectivity index (χ3n) is 3.18. The Bertz CT molecular complexity index is 322. The van der Waals surface area contributed by atoms with Gasteiger partial charge in [-0.2, -0.15) is 0 Å². The standard InChI is InChI=1S/C12H21N3S/c1-3-11-9-16-12(14-11)15-6-4-5-10(8-15)7-13-2/h9-10,13H,3-8H2,1-2H3. The monoisotopic (exact) mass is 239 g/mol. The lowest BCUT2D eigenvalue weighted by atomic mass is 9.98. The smallest absolute Gasteiger partial charge is 0.185 e. The molecule has 1 atom stereocenters. The molecule has 2 rings (SSSR count). The quantitative estimate of drug-likeness (QED) is 0.872. The second-order valence-electron chi connectivity index (χ2n) is 4.49. The molecule has 4 heteroatoms. The highest BCUT2D eigenvalue weighted by Crippen LogP contribution is 2.26. The lowest BCUT2D eigenvalue weighted by Crippen LogP contribution is -2.39. The number of rotatable bonds is 4. The maximum absolute atomic E-state index is 4.67. The molecule has 1 saturated heterocycles. The lowest BCUT2D eigenvalue weighted by Gasteiger charge is -2.32. The fourth-order valence-corrected chi connectivity index (χ4v) is 3.24. The van der Waals surface area contributed by atoms with Gasteiger partial charge in [0.15, 0.2) is 5.13 Å². The van der Waals surface area contributed by atoms with E-state index in [1.165, 1.54) is 30.2 Å². The minimum atomic E-state index is 0.785. The first kappa shape index (κ1) is 11.9. The van der Waals surface area contributed by atoms with Crippen molar-refractivity contribution < 1.29 is 0 Å². The second kappa shape index (κ2) is 5.64. The zero-order valence-corrected chi connectivity index (χ0v) is 11.0. The molecule has 1 fully saturated rings. The minimum absolute atomic E-state index is 0.785. The Morgan fingerprint density at radius 3 is 3.19 bits per heavy atom. The number of anilines is 1. The van der Waals surface area contributed by atoms with Gasteiger partial charge in [-0.25, -0.2) is 4.98 Å². The molecular weight excluding hydrogens is 218 g/mol. The van der Waals surface area contributed by atoms with E-state index < -0.39 is 0 Å². The molecule has 90 valence electrons. The van der Waals surface area contributed by atoms with Crippen LogP contribution in [0, 0.1) is 5.92 Å². The largest absolute Gasteiger partial charge is 0.348 e. The fourth-order valence-electron chi connectivity index (χ4n) is 2.30. The van der Waals surface area contributed by atoms with Crippen LogP contribution in [0.5, 0.6) is 0 Å². The van der Waals surface area contributed by atoms with Crippen molar-refractivity contribution in [2.45, 2.75) is 26.2 Å². The van der Waals surface area contributed by atoms with Crippen molar-refractivity contribution in [2.75, 3.05) is 31.6 Å². The normalized spacial score (nSPS) is 21.4. The van der Waals surface area contributed by atoms with Crippen LogP contribution in [0.3, 0.4) is 0 Å². The van der Waals surface area contributed by atoms with Crippen molar-refractivity contribution in [3.05, 3.63) is 11.1 Å². The molecule has 3 nitrogen and oxygen atoms in total. The molecule has 1 unspecified atom stereocenters. The summed E-state index contributed by atoms with van der Waals surface area (Å²) in [6, 6.07) is 0. The van der Waals surface area contributed by atoms with Crippen molar-refractivity contribution in [3.63, 3.8) is 0 Å². The van der Waals surface area contributed by atoms with Gasteiger partial charge in [-0.1, -0.05) is 6.92 Å². The van der Waals surface area contributed by atoms with Crippen LogP contribution in [0.15, 0.2) is 5.38 Å². The lowest BCUT2D eigenvalue weighted by molar-refractivity contribution is 0.402. The third kappa shape index (κ3) is 2.74. The summed E-state index contributed by atoms with van der Waals surface area (Å²) < 4.78 is 0. The minimum Gasteiger partial charge on any atom is -0.348 e. The van der Waals surface area contributed by atoms with Crippen molar-refractivity contribution >= 4 is 16.5 Å². The van der Waals surface area contributed by atoms with Crippen molar-refractivity contribution in [1.29, 1.82) is 0 Å². The van der Waals surface area contributed by atoms with Gasteiger partial charge in [0, 0.05) is 18.5 Å². The second-order valence-corrected chi connectivity index (χ2v) is 5.32. The number of hydrogen-bond donors (Lipinski definition) is 1. The van der Waals surface area contributed by atoms with Gasteiger partial charge in [0.2, 0.25) is 0 Å². The highest BCUT2D eigenvalue weighted by atomic mass is 32.1. The Kier molecular flexibility index (Phi) is 4.18. The van der Waals surface area contributed by atoms with E-state index in [9.17, 15) is 0 Å². The van der Waals surface area contributed by atoms with Gasteiger partial charge in [0.05, 0.1) is 5.69 Å². The van der Waals surface area contributed by atoms with Crippen molar-refractivity contribution in [1.82, 2.24) is 10.3 Å². The molecule has 1 N–H and O–H groups in total. The van der Waals surface area contributed by atoms with E-state index >= 15 is 0 Å². The Labute approximate surface area is 102 Å². The summed E-state index contributed by atoms with van der Waals surface area (Å²) in [5.41, 5.74) is 1.23. The van der Waals surface area contributed by atoms with Crippen LogP contribution >= 0.6 is 11.3 Å². The summed E-state index contributed by atoms with van der Waals surface area (Å²) in [6.45, 7) is 5.63. The molecule has 0 bridgehead atoms. The van der Waals surface area contributed by atoms with Gasteiger partial charge in [-0.15, -0.1) is 11.3 Å². The summed E-state index contributed by atoms with van der Waals surface area (Å²) in [4.78, 5) is 7.12. The number of nitrogens with zero attached hydrogens (tertiary/aromatic N) is 2. The molecule has 1 aliphatic rings. The maximum Gasteiger partial charge on any atom is 0.185 e. The Morgan fingerprint density at radius 2 is 2.50 bits per heavy atom. The molecule has 1 aliphatic heterocycles. The van der Waals surface area contributed by atoms with E-state index in [4.69, 9.17) is 0 Å². The van der Waals surface area contributed by atoms with E-state index in [0.717, 1.165) is 25.4 Å². The molecule has 0 amide bonds. The van der Waals surface area contributed by atoms with Crippen LogP contribution in [0.1, 0.15) is 25.5 Å². The van der Waals surface area contributed by atoms with E-state index in [0.29, 0.717) is 0 Å². The molecule has 16 heavy (non-hydrogen) atoms. The van der Waals surface area contributed by atoms with Gasteiger partial charge in [-0.3, -0.25) is 0 Å². The van der Waals surface area contributed by atoms with Crippen molar-refractivity contribution in [2.24, 2.45) is 5.92 Å². The summed E-state index contributed by atoms with van der Waals surface area (Å²) >= 11 is 1.80. The fraction of sp³-hybridized carbons (Fsp3) is 0.750. The van der Waals surface area contributed by atoms with E-state index in [1.54, 1.807) is 11.3 Å². The van der Waals surface area contributed by atoms with Gasteiger partial charge in [-0.05, 0) is 38.8 Å². The molecule has 2 heterocycles. The summed E-state index contributed by atoms with van der Waals surface area (Å²) in [5.74, 6) is 0.785. The number of nitrogens with one attached hydrogen (secondary N) is 1. The highest BCUT2D eigenvalue weighted by Gasteiger charge is 2.21. The van der Waals surface area contributed by atoms with Gasteiger partial charge < -0.3 is 10.2 Å². The van der Waals surface area contributed by atoms with Crippen LogP contribution in [0.4, 0.5) is 5.13 Å². The van der Waals surface area contributed by atoms with E-state index in [2.05, 4.69) is 27.5 Å². The van der Waals surface area contributed by atoms with E-state index in [1.807, 2.05) is 7.05 Å². The molecule has 0 aromatic carbocycles. The summed E-state index contributed by atoms with van der Waals surface area (Å²) in [6.07, 6.45) is 3.70. The molecule has 1 aromatic rings. The number of aryl methyl sites for hydroxylation is 1. The average molecular weight is 239 g/mol. The molecule has 0 aliphatic carbocycles. The van der Waals surface area contributed by atoms with Crippen molar-refractivity contribution in [3.8, 4) is 0 Å². The molecule has 0 radical (unpaired) electrons. The molecule has 1 aromatic heterocycles. The number of hydrogen-bond acceptors (Lipinski definition) is 4. The first-order valence-electron chi connectivity index (χ1n) is 6.17. The Balaban J connectivity index is 1.98. The van der Waals surface area contributed by atoms with Gasteiger partial charge in [0.25, 0.3) is 0 Å². The average Bonchev–Trinajstić information content (AvgIpc) is 2.78. The first-order chi connectivity index (χ1) is 7.83. The maximum atomic E-state index is 4.67. The molecular formula is C12H21N3S. The zero-order chi connectivity index (χ0) is 11.4. The Hall–Kier alpha value is -0.610. The predicted molar refractivity (Wildman–Crippen MR) is 70.4 cm³/mol. The van der Waals surface area contributed by atoms with Crippen LogP contribution < -0.4 is 10.2 Å². The van der Waals surface area contributed by atoms with Crippen LogP contribution in [0.2, 0.25) is 0 Å². The zero-order valence-electron chi connectivity index (χ0n) is 10.2. The van der Waals surface area contributed by atoms with Crippen LogP contribution in [-0.4, -0.2) is 31.7 Å². The first-order valence-corrected chi connectivity index (χ1v) is 7.05. The molecule has 0 spiro atoms. The van der Waals surface area contributed by atoms with Gasteiger partial charge >= 0.3 is 0 Å². The number of thiazole rings is 1.